The first-order valence-electron chi connectivity index (χ1n) is 8.76. The first-order valence-corrected chi connectivity index (χ1v) is 9.64. The summed E-state index contributed by atoms with van der Waals surface area (Å²) >= 11 is 1.50. The fourth-order valence-electron chi connectivity index (χ4n) is 3.36. The fraction of sp³-hybridized carbons (Fsp3) is 0.238. The summed E-state index contributed by atoms with van der Waals surface area (Å²) in [5.74, 6) is 0.819. The predicted molar refractivity (Wildman–Crippen MR) is 105 cm³/mol. The van der Waals surface area contributed by atoms with E-state index in [1.807, 2.05) is 41.5 Å². The Bertz CT molecular complexity index is 947. The summed E-state index contributed by atoms with van der Waals surface area (Å²) in [6, 6.07) is 14.0. The minimum atomic E-state index is -0.0218. The molecule has 4 nitrogen and oxygen atoms in total. The molecule has 5 heteroatoms. The second-order valence-electron chi connectivity index (χ2n) is 6.28. The van der Waals surface area contributed by atoms with Gasteiger partial charge >= 0.3 is 0 Å². The SMILES string of the molecule is CCOc1ccc(-c2nc(C(=O)N3CCc4cccc(C)c43)cs2)cc1. The van der Waals surface area contributed by atoms with Gasteiger partial charge in [0.2, 0.25) is 0 Å². The zero-order valence-corrected chi connectivity index (χ0v) is 15.7. The Morgan fingerprint density at radius 3 is 2.81 bits per heavy atom. The van der Waals surface area contributed by atoms with Crippen LogP contribution in [0.4, 0.5) is 5.69 Å². The van der Waals surface area contributed by atoms with Crippen molar-refractivity contribution in [2.75, 3.05) is 18.1 Å². The highest BCUT2D eigenvalue weighted by Crippen LogP contribution is 2.33. The number of carbonyl (C=O) groups excluding carboxylic acids is 1. The molecule has 4 rings (SSSR count). The Morgan fingerprint density at radius 1 is 1.23 bits per heavy atom. The van der Waals surface area contributed by atoms with Crippen molar-refractivity contribution >= 4 is 22.9 Å². The molecule has 0 radical (unpaired) electrons. The van der Waals surface area contributed by atoms with E-state index in [-0.39, 0.29) is 5.91 Å². The predicted octanol–water partition coefficient (Wildman–Crippen LogP) is 4.72. The van der Waals surface area contributed by atoms with Crippen molar-refractivity contribution in [2.45, 2.75) is 20.3 Å². The number of nitrogens with zero attached hydrogens (tertiary/aromatic N) is 2. The highest BCUT2D eigenvalue weighted by atomic mass is 32.1. The Hall–Kier alpha value is -2.66. The topological polar surface area (TPSA) is 42.4 Å². The smallest absolute Gasteiger partial charge is 0.277 e. The number of aryl methyl sites for hydroxylation is 1. The molecule has 0 saturated heterocycles. The van der Waals surface area contributed by atoms with Gasteiger partial charge in [-0.15, -0.1) is 11.3 Å². The molecular weight excluding hydrogens is 344 g/mol. The lowest BCUT2D eigenvalue weighted by Gasteiger charge is -2.18. The maximum atomic E-state index is 13.0. The van der Waals surface area contributed by atoms with E-state index >= 15 is 0 Å². The molecule has 2 aromatic carbocycles. The number of hydrogen-bond acceptors (Lipinski definition) is 4. The molecule has 3 aromatic rings. The van der Waals surface area contributed by atoms with Crippen LogP contribution in [0.1, 0.15) is 28.5 Å². The van der Waals surface area contributed by atoms with E-state index in [0.717, 1.165) is 40.5 Å². The number of ether oxygens (including phenoxy) is 1. The van der Waals surface area contributed by atoms with E-state index in [0.29, 0.717) is 12.3 Å². The maximum absolute atomic E-state index is 13.0. The molecule has 0 atom stereocenters. The minimum absolute atomic E-state index is 0.0218. The Morgan fingerprint density at radius 2 is 2.04 bits per heavy atom. The third-order valence-corrected chi connectivity index (χ3v) is 5.47. The van der Waals surface area contributed by atoms with Gasteiger partial charge in [-0.25, -0.2) is 4.98 Å². The highest BCUT2D eigenvalue weighted by molar-refractivity contribution is 7.13. The summed E-state index contributed by atoms with van der Waals surface area (Å²) in [6.07, 6.45) is 0.901. The quantitative estimate of drug-likeness (QED) is 0.673. The van der Waals surface area contributed by atoms with Crippen molar-refractivity contribution in [1.82, 2.24) is 4.98 Å². The van der Waals surface area contributed by atoms with E-state index in [9.17, 15) is 4.79 Å². The number of hydrogen-bond donors (Lipinski definition) is 0. The van der Waals surface area contributed by atoms with Gasteiger partial charge in [0.25, 0.3) is 5.91 Å². The van der Waals surface area contributed by atoms with Crippen LogP contribution in [0.2, 0.25) is 0 Å². The standard InChI is InChI=1S/C21H20N2O2S/c1-3-25-17-9-7-16(8-10-17)20-22-18(13-26-20)21(24)23-12-11-15-6-4-5-14(2)19(15)23/h4-10,13H,3,11-12H2,1-2H3. The highest BCUT2D eigenvalue weighted by Gasteiger charge is 2.28. The molecule has 0 saturated carbocycles. The van der Waals surface area contributed by atoms with Crippen molar-refractivity contribution in [3.8, 4) is 16.3 Å². The number of benzene rings is 2. The normalized spacial score (nSPS) is 12.9. The summed E-state index contributed by atoms with van der Waals surface area (Å²) in [4.78, 5) is 19.4. The molecule has 0 fully saturated rings. The van der Waals surface area contributed by atoms with E-state index in [4.69, 9.17) is 4.74 Å². The van der Waals surface area contributed by atoms with Crippen LogP contribution in [0, 0.1) is 6.92 Å². The number of aromatic nitrogens is 1. The Balaban J connectivity index is 1.58. The second kappa shape index (κ2) is 6.92. The van der Waals surface area contributed by atoms with Gasteiger partial charge in [-0.05, 0) is 55.7 Å². The molecular formula is C21H20N2O2S. The van der Waals surface area contributed by atoms with E-state index in [1.54, 1.807) is 0 Å². The molecule has 132 valence electrons. The molecule has 0 aliphatic carbocycles. The lowest BCUT2D eigenvalue weighted by molar-refractivity contribution is 0.0985. The van der Waals surface area contributed by atoms with Gasteiger partial charge in [-0.3, -0.25) is 4.79 Å². The van der Waals surface area contributed by atoms with Crippen molar-refractivity contribution in [2.24, 2.45) is 0 Å². The van der Waals surface area contributed by atoms with Crippen LogP contribution in [-0.2, 0) is 6.42 Å². The lowest BCUT2D eigenvalue weighted by Crippen LogP contribution is -2.29. The van der Waals surface area contributed by atoms with Crippen LogP contribution in [-0.4, -0.2) is 24.0 Å². The Labute approximate surface area is 157 Å². The third-order valence-electron chi connectivity index (χ3n) is 4.58. The maximum Gasteiger partial charge on any atom is 0.277 e. The monoisotopic (exact) mass is 364 g/mol. The van der Waals surface area contributed by atoms with Crippen LogP contribution in [0.3, 0.4) is 0 Å². The van der Waals surface area contributed by atoms with E-state index in [1.165, 1.54) is 16.9 Å². The van der Waals surface area contributed by atoms with Gasteiger partial charge in [0, 0.05) is 17.5 Å². The summed E-state index contributed by atoms with van der Waals surface area (Å²) < 4.78 is 5.47. The molecule has 0 unspecified atom stereocenters. The molecule has 1 aromatic heterocycles. The minimum Gasteiger partial charge on any atom is -0.494 e. The average molecular weight is 364 g/mol. The second-order valence-corrected chi connectivity index (χ2v) is 7.14. The zero-order chi connectivity index (χ0) is 18.1. The number of amides is 1. The first kappa shape index (κ1) is 16.8. The molecule has 1 amide bonds. The fourth-order valence-corrected chi connectivity index (χ4v) is 4.16. The van der Waals surface area contributed by atoms with E-state index in [2.05, 4.69) is 30.1 Å². The summed E-state index contributed by atoms with van der Waals surface area (Å²) in [5.41, 5.74) is 4.93. The molecule has 0 N–H and O–H groups in total. The number of rotatable bonds is 4. The summed E-state index contributed by atoms with van der Waals surface area (Å²) in [5, 5.41) is 2.70. The Kier molecular flexibility index (Phi) is 4.47. The largest absolute Gasteiger partial charge is 0.494 e. The lowest BCUT2D eigenvalue weighted by atomic mass is 10.1. The first-order chi connectivity index (χ1) is 12.7. The van der Waals surface area contributed by atoms with Crippen molar-refractivity contribution in [3.05, 3.63) is 64.7 Å². The number of anilines is 1. The van der Waals surface area contributed by atoms with Gasteiger partial charge < -0.3 is 9.64 Å². The van der Waals surface area contributed by atoms with Gasteiger partial charge in [0.05, 0.1) is 12.3 Å². The third kappa shape index (κ3) is 2.99. The number of carbonyl (C=O) groups is 1. The molecule has 0 spiro atoms. The van der Waals surface area contributed by atoms with Gasteiger partial charge in [0.1, 0.15) is 16.5 Å². The molecule has 2 heterocycles. The van der Waals surface area contributed by atoms with Crippen LogP contribution in [0.15, 0.2) is 47.8 Å². The van der Waals surface area contributed by atoms with Crippen LogP contribution in [0.5, 0.6) is 5.75 Å². The van der Waals surface area contributed by atoms with Crippen molar-refractivity contribution in [3.63, 3.8) is 0 Å². The van der Waals surface area contributed by atoms with Crippen LogP contribution >= 0.6 is 11.3 Å². The van der Waals surface area contributed by atoms with Crippen molar-refractivity contribution in [1.29, 1.82) is 0 Å². The average Bonchev–Trinajstić information content (AvgIpc) is 3.30. The van der Waals surface area contributed by atoms with Crippen LogP contribution in [0.25, 0.3) is 10.6 Å². The van der Waals surface area contributed by atoms with E-state index < -0.39 is 0 Å². The van der Waals surface area contributed by atoms with Gasteiger partial charge in [-0.2, -0.15) is 0 Å². The van der Waals surface area contributed by atoms with Gasteiger partial charge in [-0.1, -0.05) is 18.2 Å². The summed E-state index contributed by atoms with van der Waals surface area (Å²) in [7, 11) is 0. The zero-order valence-electron chi connectivity index (χ0n) is 14.9. The number of thiazole rings is 1. The van der Waals surface area contributed by atoms with Crippen molar-refractivity contribution < 1.29 is 9.53 Å². The van der Waals surface area contributed by atoms with Gasteiger partial charge in [0.15, 0.2) is 0 Å². The number of fused-ring (bicyclic) bond motifs is 1. The number of para-hydroxylation sites is 1. The molecule has 1 aliphatic rings. The molecule has 0 bridgehead atoms. The molecule has 1 aliphatic heterocycles. The molecule has 26 heavy (non-hydrogen) atoms. The van der Waals surface area contributed by atoms with Crippen LogP contribution < -0.4 is 9.64 Å². The summed E-state index contributed by atoms with van der Waals surface area (Å²) in [6.45, 7) is 5.38.